The fourth-order valence-corrected chi connectivity index (χ4v) is 1.77. The SMILES string of the molecule is CC(C)NCc1cc2ccccc2cc1N. The number of nitrogens with one attached hydrogen (secondary N) is 1. The van der Waals surface area contributed by atoms with Crippen molar-refractivity contribution in [2.45, 2.75) is 26.4 Å². The molecule has 0 aromatic heterocycles. The number of hydrogen-bond donors (Lipinski definition) is 2. The van der Waals surface area contributed by atoms with Crippen LogP contribution in [-0.2, 0) is 6.54 Å². The van der Waals surface area contributed by atoms with Gasteiger partial charge in [-0.1, -0.05) is 38.1 Å². The number of anilines is 1. The van der Waals surface area contributed by atoms with E-state index in [1.54, 1.807) is 0 Å². The third-order valence-corrected chi connectivity index (χ3v) is 2.71. The van der Waals surface area contributed by atoms with E-state index in [0.717, 1.165) is 12.2 Å². The summed E-state index contributed by atoms with van der Waals surface area (Å²) in [6, 6.07) is 13.0. The number of rotatable bonds is 3. The minimum Gasteiger partial charge on any atom is -0.398 e. The molecule has 16 heavy (non-hydrogen) atoms. The average molecular weight is 214 g/mol. The Morgan fingerprint density at radius 2 is 1.75 bits per heavy atom. The summed E-state index contributed by atoms with van der Waals surface area (Å²) in [7, 11) is 0. The summed E-state index contributed by atoms with van der Waals surface area (Å²) in [5.41, 5.74) is 8.07. The summed E-state index contributed by atoms with van der Waals surface area (Å²) in [6.07, 6.45) is 0. The molecule has 0 saturated carbocycles. The molecule has 0 fully saturated rings. The Morgan fingerprint density at radius 1 is 1.12 bits per heavy atom. The van der Waals surface area contributed by atoms with Gasteiger partial charge in [-0.3, -0.25) is 0 Å². The first-order chi connectivity index (χ1) is 7.66. The van der Waals surface area contributed by atoms with Crippen LogP contribution in [0, 0.1) is 0 Å². The van der Waals surface area contributed by atoms with Crippen molar-refractivity contribution in [1.82, 2.24) is 5.32 Å². The van der Waals surface area contributed by atoms with Crippen molar-refractivity contribution < 1.29 is 0 Å². The Hall–Kier alpha value is -1.54. The second-order valence-corrected chi connectivity index (χ2v) is 4.43. The molecule has 0 bridgehead atoms. The van der Waals surface area contributed by atoms with Crippen LogP contribution in [0.4, 0.5) is 5.69 Å². The van der Waals surface area contributed by atoms with Gasteiger partial charge in [0.15, 0.2) is 0 Å². The average Bonchev–Trinajstić information content (AvgIpc) is 2.26. The van der Waals surface area contributed by atoms with Gasteiger partial charge in [-0.25, -0.2) is 0 Å². The molecule has 2 nitrogen and oxygen atoms in total. The molecular weight excluding hydrogens is 196 g/mol. The summed E-state index contributed by atoms with van der Waals surface area (Å²) in [6.45, 7) is 5.10. The molecule has 0 aliphatic heterocycles. The van der Waals surface area contributed by atoms with Crippen molar-refractivity contribution in [2.75, 3.05) is 5.73 Å². The standard InChI is InChI=1S/C14H18N2/c1-10(2)16-9-13-7-11-5-3-4-6-12(11)8-14(13)15/h3-8,10,16H,9,15H2,1-2H3. The highest BCUT2D eigenvalue weighted by Crippen LogP contribution is 2.21. The lowest BCUT2D eigenvalue weighted by atomic mass is 10.0. The van der Waals surface area contributed by atoms with Gasteiger partial charge in [0, 0.05) is 18.3 Å². The minimum atomic E-state index is 0.478. The van der Waals surface area contributed by atoms with Gasteiger partial charge in [0.05, 0.1) is 0 Å². The van der Waals surface area contributed by atoms with E-state index in [1.807, 2.05) is 12.1 Å². The highest BCUT2D eigenvalue weighted by molar-refractivity contribution is 5.86. The summed E-state index contributed by atoms with van der Waals surface area (Å²) in [4.78, 5) is 0. The largest absolute Gasteiger partial charge is 0.398 e. The fraction of sp³-hybridized carbons (Fsp3) is 0.286. The van der Waals surface area contributed by atoms with Crippen LogP contribution in [0.25, 0.3) is 10.8 Å². The van der Waals surface area contributed by atoms with E-state index in [4.69, 9.17) is 5.73 Å². The third-order valence-electron chi connectivity index (χ3n) is 2.71. The Labute approximate surface area is 96.5 Å². The molecule has 0 aliphatic carbocycles. The maximum Gasteiger partial charge on any atom is 0.0366 e. The van der Waals surface area contributed by atoms with E-state index in [1.165, 1.54) is 16.3 Å². The molecule has 0 atom stereocenters. The highest BCUT2D eigenvalue weighted by Gasteiger charge is 2.02. The van der Waals surface area contributed by atoms with E-state index in [-0.39, 0.29) is 0 Å². The van der Waals surface area contributed by atoms with Crippen LogP contribution in [0.3, 0.4) is 0 Å². The van der Waals surface area contributed by atoms with Gasteiger partial charge in [-0.2, -0.15) is 0 Å². The van der Waals surface area contributed by atoms with Crippen molar-refractivity contribution in [3.05, 3.63) is 42.0 Å². The summed E-state index contributed by atoms with van der Waals surface area (Å²) >= 11 is 0. The molecule has 0 heterocycles. The maximum atomic E-state index is 6.03. The summed E-state index contributed by atoms with van der Waals surface area (Å²) in [5.74, 6) is 0. The van der Waals surface area contributed by atoms with Gasteiger partial charge in [-0.05, 0) is 28.5 Å². The lowest BCUT2D eigenvalue weighted by Crippen LogP contribution is -2.22. The van der Waals surface area contributed by atoms with Gasteiger partial charge in [0.25, 0.3) is 0 Å². The van der Waals surface area contributed by atoms with Gasteiger partial charge in [0.1, 0.15) is 0 Å². The lowest BCUT2D eigenvalue weighted by molar-refractivity contribution is 0.590. The Bertz CT molecular complexity index is 489. The monoisotopic (exact) mass is 214 g/mol. The van der Waals surface area contributed by atoms with E-state index in [2.05, 4.69) is 43.4 Å². The molecular formula is C14H18N2. The molecule has 0 saturated heterocycles. The molecule has 0 radical (unpaired) electrons. The normalized spacial score (nSPS) is 11.2. The van der Waals surface area contributed by atoms with Crippen LogP contribution in [0.5, 0.6) is 0 Å². The van der Waals surface area contributed by atoms with Crippen molar-refractivity contribution >= 4 is 16.5 Å². The van der Waals surface area contributed by atoms with Gasteiger partial charge in [-0.15, -0.1) is 0 Å². The number of hydrogen-bond acceptors (Lipinski definition) is 2. The Balaban J connectivity index is 2.34. The lowest BCUT2D eigenvalue weighted by Gasteiger charge is -2.11. The first-order valence-corrected chi connectivity index (χ1v) is 5.67. The molecule has 0 unspecified atom stereocenters. The minimum absolute atomic E-state index is 0.478. The van der Waals surface area contributed by atoms with E-state index >= 15 is 0 Å². The molecule has 2 aromatic carbocycles. The number of fused-ring (bicyclic) bond motifs is 1. The highest BCUT2D eigenvalue weighted by atomic mass is 14.9. The second kappa shape index (κ2) is 4.54. The molecule has 3 N–H and O–H groups in total. The van der Waals surface area contributed by atoms with E-state index in [0.29, 0.717) is 6.04 Å². The topological polar surface area (TPSA) is 38.0 Å². The zero-order chi connectivity index (χ0) is 11.5. The number of benzene rings is 2. The summed E-state index contributed by atoms with van der Waals surface area (Å²) < 4.78 is 0. The van der Waals surface area contributed by atoms with Crippen molar-refractivity contribution in [3.8, 4) is 0 Å². The van der Waals surface area contributed by atoms with Crippen LogP contribution >= 0.6 is 0 Å². The van der Waals surface area contributed by atoms with Gasteiger partial charge >= 0.3 is 0 Å². The Kier molecular flexibility index (Phi) is 3.11. The molecule has 0 amide bonds. The quantitative estimate of drug-likeness (QED) is 0.771. The fourth-order valence-electron chi connectivity index (χ4n) is 1.77. The zero-order valence-electron chi connectivity index (χ0n) is 9.83. The third kappa shape index (κ3) is 2.34. The van der Waals surface area contributed by atoms with Crippen LogP contribution in [-0.4, -0.2) is 6.04 Å². The summed E-state index contributed by atoms with van der Waals surface area (Å²) in [5, 5.41) is 5.84. The van der Waals surface area contributed by atoms with Crippen LogP contribution < -0.4 is 11.1 Å². The van der Waals surface area contributed by atoms with Crippen LogP contribution in [0.15, 0.2) is 36.4 Å². The molecule has 0 spiro atoms. The molecule has 2 heteroatoms. The first kappa shape index (κ1) is 11.0. The molecule has 2 aromatic rings. The van der Waals surface area contributed by atoms with Gasteiger partial charge in [0.2, 0.25) is 0 Å². The maximum absolute atomic E-state index is 6.03. The predicted octanol–water partition coefficient (Wildman–Crippen LogP) is 2.92. The van der Waals surface area contributed by atoms with Crippen LogP contribution in [0.2, 0.25) is 0 Å². The second-order valence-electron chi connectivity index (χ2n) is 4.43. The molecule has 84 valence electrons. The van der Waals surface area contributed by atoms with Crippen molar-refractivity contribution in [3.63, 3.8) is 0 Å². The number of nitrogen functional groups attached to an aromatic ring is 1. The van der Waals surface area contributed by atoms with Crippen molar-refractivity contribution in [1.29, 1.82) is 0 Å². The Morgan fingerprint density at radius 3 is 2.38 bits per heavy atom. The first-order valence-electron chi connectivity index (χ1n) is 5.67. The number of nitrogens with two attached hydrogens (primary N) is 1. The molecule has 0 aliphatic rings. The molecule has 2 rings (SSSR count). The van der Waals surface area contributed by atoms with Crippen molar-refractivity contribution in [2.24, 2.45) is 0 Å². The van der Waals surface area contributed by atoms with E-state index in [9.17, 15) is 0 Å². The smallest absolute Gasteiger partial charge is 0.0366 e. The van der Waals surface area contributed by atoms with Crippen LogP contribution in [0.1, 0.15) is 19.4 Å². The predicted molar refractivity (Wildman–Crippen MR) is 70.3 cm³/mol. The van der Waals surface area contributed by atoms with E-state index < -0.39 is 0 Å². The zero-order valence-corrected chi connectivity index (χ0v) is 9.83. The van der Waals surface area contributed by atoms with Gasteiger partial charge < -0.3 is 11.1 Å².